The molecule has 2 aromatic rings. The Bertz CT molecular complexity index is 1690. The average Bonchev–Trinajstić information content (AvgIpc) is 3.11. The summed E-state index contributed by atoms with van der Waals surface area (Å²) in [5.41, 5.74) is 5.06. The van der Waals surface area contributed by atoms with E-state index in [1.807, 2.05) is 52.5 Å². The van der Waals surface area contributed by atoms with Gasteiger partial charge in [-0.1, -0.05) is 0 Å². The van der Waals surface area contributed by atoms with Crippen molar-refractivity contribution < 1.29 is 33.6 Å². The van der Waals surface area contributed by atoms with Crippen molar-refractivity contribution in [2.45, 2.75) is 104 Å². The number of aromatic nitrogens is 2. The van der Waals surface area contributed by atoms with Gasteiger partial charge in [-0.3, -0.25) is 9.59 Å². The van der Waals surface area contributed by atoms with Crippen molar-refractivity contribution >= 4 is 47.0 Å². The average molecular weight is 751 g/mol. The van der Waals surface area contributed by atoms with Gasteiger partial charge in [0.25, 0.3) is 0 Å². The maximum Gasteiger partial charge on any atom is 0.410 e. The first-order chi connectivity index (χ1) is 25.3. The van der Waals surface area contributed by atoms with Crippen LogP contribution in [0.15, 0.2) is 36.7 Å². The van der Waals surface area contributed by atoms with Crippen LogP contribution in [-0.2, 0) is 19.1 Å². The molecule has 294 valence electrons. The van der Waals surface area contributed by atoms with Gasteiger partial charge in [0.05, 0.1) is 28.4 Å². The van der Waals surface area contributed by atoms with Crippen molar-refractivity contribution in [3.63, 3.8) is 0 Å². The van der Waals surface area contributed by atoms with Crippen LogP contribution < -0.4 is 15.5 Å². The molecule has 0 unspecified atom stereocenters. The van der Waals surface area contributed by atoms with E-state index in [0.29, 0.717) is 76.5 Å². The molecule has 16 heteroatoms. The van der Waals surface area contributed by atoms with E-state index in [0.717, 1.165) is 31.4 Å². The number of pyridine rings is 2. The highest BCUT2D eigenvalue weighted by atomic mass is 16.6. The zero-order chi connectivity index (χ0) is 39.5. The molecule has 6 rings (SSSR count). The van der Waals surface area contributed by atoms with Gasteiger partial charge in [-0.15, -0.1) is 0 Å². The highest BCUT2D eigenvalue weighted by molar-refractivity contribution is 5.99. The van der Waals surface area contributed by atoms with E-state index in [9.17, 15) is 29.3 Å². The molecule has 2 aromatic heterocycles. The Hall–Kier alpha value is -5.02. The number of piperidine rings is 4. The Morgan fingerprint density at radius 2 is 1.09 bits per heavy atom. The maximum absolute atomic E-state index is 13.3. The Balaban J connectivity index is 0.000000208. The van der Waals surface area contributed by atoms with Crippen LogP contribution in [0, 0.1) is 20.9 Å². The van der Waals surface area contributed by atoms with Gasteiger partial charge in [0.15, 0.2) is 6.20 Å². The summed E-state index contributed by atoms with van der Waals surface area (Å²) in [6.07, 6.45) is 8.35. The number of rotatable bonds is 3. The molecule has 0 bridgehead atoms. The quantitative estimate of drug-likeness (QED) is 0.288. The van der Waals surface area contributed by atoms with Crippen LogP contribution >= 0.6 is 0 Å². The fourth-order valence-corrected chi connectivity index (χ4v) is 7.65. The smallest absolute Gasteiger partial charge is 0.410 e. The Kier molecular flexibility index (Phi) is 11.7. The number of nitrogens with zero attached hydrogens (tertiary/aromatic N) is 7. The lowest BCUT2D eigenvalue weighted by molar-refractivity contribution is -0.389. The first-order valence-electron chi connectivity index (χ1n) is 18.7. The molecule has 4 aliphatic rings. The molecular formula is C38H54N8O8. The topological polar surface area (TPSA) is 195 Å². The maximum atomic E-state index is 13.3. The van der Waals surface area contributed by atoms with Crippen LogP contribution in [0.25, 0.3) is 0 Å². The molecule has 0 atom stereocenters. The minimum absolute atomic E-state index is 0.0123. The van der Waals surface area contributed by atoms with Crippen molar-refractivity contribution in [1.29, 1.82) is 0 Å². The van der Waals surface area contributed by atoms with Crippen LogP contribution in [0.4, 0.5) is 32.6 Å². The van der Waals surface area contributed by atoms with Gasteiger partial charge in [0.1, 0.15) is 17.0 Å². The van der Waals surface area contributed by atoms with E-state index in [1.54, 1.807) is 33.0 Å². The van der Waals surface area contributed by atoms with Crippen molar-refractivity contribution in [3.05, 3.63) is 46.8 Å². The third-order valence-electron chi connectivity index (χ3n) is 10.5. The summed E-state index contributed by atoms with van der Waals surface area (Å²) in [7, 11) is 0. The summed E-state index contributed by atoms with van der Waals surface area (Å²) in [6, 6.07) is 6.44. The zero-order valence-electron chi connectivity index (χ0n) is 32.3. The predicted molar refractivity (Wildman–Crippen MR) is 202 cm³/mol. The number of likely N-dealkylation sites (tertiary alicyclic amines) is 2. The number of amides is 4. The van der Waals surface area contributed by atoms with E-state index >= 15 is 0 Å². The van der Waals surface area contributed by atoms with Crippen molar-refractivity contribution in [2.24, 2.45) is 10.8 Å². The Labute approximate surface area is 316 Å². The van der Waals surface area contributed by atoms with Gasteiger partial charge in [-0.05, 0) is 121 Å². The summed E-state index contributed by atoms with van der Waals surface area (Å²) in [5.74, 6) is 0.351. The molecule has 4 aliphatic heterocycles. The molecule has 0 saturated carbocycles. The molecule has 4 amide bonds. The van der Waals surface area contributed by atoms with Gasteiger partial charge >= 0.3 is 18.0 Å². The van der Waals surface area contributed by atoms with E-state index in [-0.39, 0.29) is 29.8 Å². The molecule has 2 N–H and O–H groups in total. The number of ether oxygens (including phenoxy) is 2. The normalized spacial score (nSPS) is 20.0. The lowest BCUT2D eigenvalue weighted by atomic mass is 9.71. The molecule has 4 fully saturated rings. The number of hydrogen-bond donors (Lipinski definition) is 1. The van der Waals surface area contributed by atoms with E-state index < -0.39 is 27.0 Å². The summed E-state index contributed by atoms with van der Waals surface area (Å²) in [5, 5.41) is 10.8. The summed E-state index contributed by atoms with van der Waals surface area (Å²) >= 11 is 0. The molecule has 4 saturated heterocycles. The lowest BCUT2D eigenvalue weighted by Crippen LogP contribution is -2.55. The molecule has 0 aromatic carbocycles. The molecule has 54 heavy (non-hydrogen) atoms. The lowest BCUT2D eigenvalue weighted by Gasteiger charge is -2.46. The first-order valence-corrected chi connectivity index (χ1v) is 18.7. The highest BCUT2D eigenvalue weighted by Gasteiger charge is 2.48. The van der Waals surface area contributed by atoms with Gasteiger partial charge in [-0.25, -0.2) is 14.6 Å². The minimum atomic E-state index is -0.560. The van der Waals surface area contributed by atoms with Gasteiger partial charge in [0, 0.05) is 45.3 Å². The molecule has 16 nitrogen and oxygen atoms in total. The summed E-state index contributed by atoms with van der Waals surface area (Å²) in [4.78, 5) is 76.1. The Morgan fingerprint density at radius 3 is 1.43 bits per heavy atom. The van der Waals surface area contributed by atoms with Crippen molar-refractivity contribution in [1.82, 2.24) is 19.8 Å². The second-order valence-corrected chi connectivity index (χ2v) is 16.7. The number of carbonyl (C=O) groups excluding carboxylic acids is 4. The van der Waals surface area contributed by atoms with Crippen LogP contribution in [0.3, 0.4) is 0 Å². The number of anilines is 3. The van der Waals surface area contributed by atoms with Gasteiger partial charge < -0.3 is 44.9 Å². The van der Waals surface area contributed by atoms with E-state index in [2.05, 4.69) is 9.97 Å². The summed E-state index contributed by atoms with van der Waals surface area (Å²) < 4.78 is 10.9. The predicted octanol–water partition coefficient (Wildman–Crippen LogP) is 5.94. The molecule has 0 radical (unpaired) electrons. The van der Waals surface area contributed by atoms with Crippen molar-refractivity contribution in [2.75, 3.05) is 54.8 Å². The van der Waals surface area contributed by atoms with Gasteiger partial charge in [0.2, 0.25) is 11.8 Å². The largest absolute Gasteiger partial charge is 0.444 e. The molecular weight excluding hydrogens is 696 g/mol. The van der Waals surface area contributed by atoms with Crippen LogP contribution in [0.1, 0.15) is 92.9 Å². The standard InChI is InChI=1S/C19H26N4O5.C19H28N4O3/c1-18(2,3)28-17(25)21-11-8-19(9-12-21)7-4-10-22(16(19)24)14-5-6-15(20-13-14)23(26)27;1-18(2,3)26-17(25)22-11-8-19(9-12-22)7-4-10-23(16(19)24)14-5-6-15(20)21-13-14/h5-6,13H,4,7-12H2,1-3H3;5-6,13H,4,7-12H2,1-3H3,(H2,20,21). The second kappa shape index (κ2) is 15.8. The third-order valence-corrected chi connectivity index (χ3v) is 10.5. The minimum Gasteiger partial charge on any atom is -0.444 e. The highest BCUT2D eigenvalue weighted by Crippen LogP contribution is 2.44. The molecule has 2 spiro atoms. The zero-order valence-corrected chi connectivity index (χ0v) is 32.3. The van der Waals surface area contributed by atoms with Crippen LogP contribution in [-0.4, -0.2) is 99.2 Å². The fraction of sp³-hybridized carbons (Fsp3) is 0.632. The fourth-order valence-electron chi connectivity index (χ4n) is 7.65. The number of nitro groups is 1. The van der Waals surface area contributed by atoms with Gasteiger partial charge in [-0.2, -0.15) is 0 Å². The molecule has 6 heterocycles. The summed E-state index contributed by atoms with van der Waals surface area (Å²) in [6.45, 7) is 14.4. The van der Waals surface area contributed by atoms with E-state index in [4.69, 9.17) is 15.2 Å². The second-order valence-electron chi connectivity index (χ2n) is 16.7. The Morgan fingerprint density at radius 1 is 0.685 bits per heavy atom. The number of carbonyl (C=O) groups is 4. The van der Waals surface area contributed by atoms with Crippen LogP contribution in [0.2, 0.25) is 0 Å². The number of hydrogen-bond acceptors (Lipinski definition) is 11. The number of nitrogen functional groups attached to an aromatic ring is 1. The molecule has 0 aliphatic carbocycles. The first kappa shape index (κ1) is 40.2. The van der Waals surface area contributed by atoms with Crippen molar-refractivity contribution in [3.8, 4) is 0 Å². The van der Waals surface area contributed by atoms with Crippen LogP contribution in [0.5, 0.6) is 0 Å². The van der Waals surface area contributed by atoms with E-state index in [1.165, 1.54) is 12.3 Å². The SMILES string of the molecule is CC(C)(C)OC(=O)N1CCC2(CCCN(c3ccc(N)nc3)C2=O)CC1.CC(C)(C)OC(=O)N1CCC2(CCCN(c3ccc([N+](=O)[O-])nc3)C2=O)CC1. The number of nitrogens with two attached hydrogens (primary N) is 1. The monoisotopic (exact) mass is 750 g/mol. The third kappa shape index (κ3) is 9.37.